The van der Waals surface area contributed by atoms with E-state index < -0.39 is 23.7 Å². The van der Waals surface area contributed by atoms with Gasteiger partial charge in [-0.3, -0.25) is 14.6 Å². The van der Waals surface area contributed by atoms with Crippen LogP contribution in [-0.4, -0.2) is 46.3 Å². The standard InChI is InChI=1S/C41H36F3N3O3/c1-50-38-12-7-10-33-28-46(25-23-35(33)38)40(49)37(26-30-8-3-2-4-9-30)47(27-31-13-18-32(19-14-31)36-11-5-6-24-45-36)39(48)22-17-29-15-20-34(21-16-29)41(42,43)44/h2-22,24,37H,23,25-28H2,1H3. The molecule has 1 aliphatic heterocycles. The van der Waals surface area contributed by atoms with E-state index in [0.29, 0.717) is 25.1 Å². The fourth-order valence-corrected chi connectivity index (χ4v) is 6.23. The average Bonchev–Trinajstić information content (AvgIpc) is 3.15. The summed E-state index contributed by atoms with van der Waals surface area (Å²) in [7, 11) is 1.63. The smallest absolute Gasteiger partial charge is 0.416 e. The summed E-state index contributed by atoms with van der Waals surface area (Å²) in [6, 6.07) is 32.5. The van der Waals surface area contributed by atoms with Gasteiger partial charge in [-0.1, -0.05) is 84.9 Å². The zero-order valence-corrected chi connectivity index (χ0v) is 27.5. The van der Waals surface area contributed by atoms with Crippen molar-refractivity contribution in [1.82, 2.24) is 14.8 Å². The molecule has 0 spiro atoms. The average molecular weight is 676 g/mol. The summed E-state index contributed by atoms with van der Waals surface area (Å²) in [6.45, 7) is 0.957. The summed E-state index contributed by atoms with van der Waals surface area (Å²) in [5.74, 6) is 0.158. The maximum absolute atomic E-state index is 14.6. The monoisotopic (exact) mass is 675 g/mol. The van der Waals surface area contributed by atoms with Gasteiger partial charge in [-0.05, 0) is 65.1 Å². The number of ether oxygens (including phenoxy) is 1. The molecule has 0 bridgehead atoms. The van der Waals surface area contributed by atoms with E-state index >= 15 is 0 Å². The van der Waals surface area contributed by atoms with Gasteiger partial charge in [0.05, 0.1) is 18.4 Å². The molecule has 1 aliphatic rings. The molecule has 1 atom stereocenters. The summed E-state index contributed by atoms with van der Waals surface area (Å²) in [4.78, 5) is 36.6. The molecule has 2 amide bonds. The van der Waals surface area contributed by atoms with Crippen molar-refractivity contribution < 1.29 is 27.5 Å². The minimum atomic E-state index is -4.47. The molecule has 6 rings (SSSR count). The molecule has 5 aromatic rings. The topological polar surface area (TPSA) is 62.7 Å². The van der Waals surface area contributed by atoms with Gasteiger partial charge >= 0.3 is 6.18 Å². The molecular formula is C41H36F3N3O3. The zero-order valence-electron chi connectivity index (χ0n) is 27.5. The van der Waals surface area contributed by atoms with Gasteiger partial charge in [0.25, 0.3) is 0 Å². The Bertz CT molecular complexity index is 1950. The molecule has 254 valence electrons. The molecule has 0 N–H and O–H groups in total. The minimum absolute atomic E-state index is 0.125. The SMILES string of the molecule is COc1cccc2c1CCN(C(=O)C(Cc1ccccc1)N(Cc1ccc(-c3ccccn3)cc1)C(=O)C=Cc1ccc(C(F)(F)F)cc1)C2. The summed E-state index contributed by atoms with van der Waals surface area (Å²) >= 11 is 0. The fraction of sp³-hybridized carbons (Fsp3) is 0.195. The Morgan fingerprint density at radius 1 is 0.880 bits per heavy atom. The van der Waals surface area contributed by atoms with Crippen LogP contribution < -0.4 is 4.74 Å². The number of aromatic nitrogens is 1. The van der Waals surface area contributed by atoms with Gasteiger partial charge in [-0.25, -0.2) is 0 Å². The number of benzene rings is 4. The zero-order chi connectivity index (χ0) is 35.1. The number of hydrogen-bond acceptors (Lipinski definition) is 4. The number of fused-ring (bicyclic) bond motifs is 1. The quantitative estimate of drug-likeness (QED) is 0.141. The molecule has 9 heteroatoms. The number of carbonyl (C=O) groups excluding carboxylic acids is 2. The van der Waals surface area contributed by atoms with Crippen molar-refractivity contribution in [3.8, 4) is 17.0 Å². The Kier molecular flexibility index (Phi) is 10.4. The molecule has 1 aromatic heterocycles. The number of methoxy groups -OCH3 is 1. The fourth-order valence-electron chi connectivity index (χ4n) is 6.23. The number of alkyl halides is 3. The van der Waals surface area contributed by atoms with Crippen molar-refractivity contribution >= 4 is 17.9 Å². The summed E-state index contributed by atoms with van der Waals surface area (Å²) < 4.78 is 45.1. The number of pyridine rings is 1. The summed E-state index contributed by atoms with van der Waals surface area (Å²) in [6.07, 6.45) is 0.945. The first-order chi connectivity index (χ1) is 24.2. The van der Waals surface area contributed by atoms with Gasteiger partial charge in [0.15, 0.2) is 0 Å². The second-order valence-electron chi connectivity index (χ2n) is 12.1. The molecule has 0 saturated carbocycles. The van der Waals surface area contributed by atoms with Crippen LogP contribution in [0, 0.1) is 0 Å². The highest BCUT2D eigenvalue weighted by Gasteiger charge is 2.35. The highest BCUT2D eigenvalue weighted by molar-refractivity contribution is 5.96. The van der Waals surface area contributed by atoms with Crippen molar-refractivity contribution in [3.05, 3.63) is 161 Å². The first-order valence-corrected chi connectivity index (χ1v) is 16.3. The second-order valence-corrected chi connectivity index (χ2v) is 12.1. The van der Waals surface area contributed by atoms with Gasteiger partial charge in [0, 0.05) is 49.5 Å². The van der Waals surface area contributed by atoms with Gasteiger partial charge < -0.3 is 14.5 Å². The van der Waals surface area contributed by atoms with Crippen molar-refractivity contribution in [2.75, 3.05) is 13.7 Å². The van der Waals surface area contributed by atoms with Crippen LogP contribution in [0.5, 0.6) is 5.75 Å². The molecule has 50 heavy (non-hydrogen) atoms. The minimum Gasteiger partial charge on any atom is -0.496 e. The maximum atomic E-state index is 14.6. The molecule has 0 fully saturated rings. The van der Waals surface area contributed by atoms with E-state index in [-0.39, 0.29) is 18.9 Å². The van der Waals surface area contributed by atoms with Gasteiger partial charge in [0.2, 0.25) is 11.8 Å². The van der Waals surface area contributed by atoms with E-state index in [0.717, 1.165) is 51.4 Å². The lowest BCUT2D eigenvalue weighted by atomic mass is 9.96. The summed E-state index contributed by atoms with van der Waals surface area (Å²) in [5.41, 5.74) is 5.14. The normalized spacial score (nSPS) is 13.5. The molecule has 2 heterocycles. The second kappa shape index (κ2) is 15.2. The third kappa shape index (κ3) is 8.11. The van der Waals surface area contributed by atoms with Crippen molar-refractivity contribution in [2.24, 2.45) is 0 Å². The molecular weight excluding hydrogens is 639 g/mol. The number of rotatable bonds is 10. The highest BCUT2D eigenvalue weighted by atomic mass is 19.4. The maximum Gasteiger partial charge on any atom is 0.416 e. The van der Waals surface area contributed by atoms with Crippen LogP contribution in [0.2, 0.25) is 0 Å². The molecule has 4 aromatic carbocycles. The van der Waals surface area contributed by atoms with Gasteiger partial charge in [-0.15, -0.1) is 0 Å². The number of carbonyl (C=O) groups is 2. The van der Waals surface area contributed by atoms with Crippen molar-refractivity contribution in [1.29, 1.82) is 0 Å². The Labute approximate surface area is 289 Å². The van der Waals surface area contributed by atoms with Crippen molar-refractivity contribution in [2.45, 2.75) is 38.1 Å². The van der Waals surface area contributed by atoms with Crippen LogP contribution in [0.3, 0.4) is 0 Å². The van der Waals surface area contributed by atoms with Crippen LogP contribution in [0.4, 0.5) is 13.2 Å². The lowest BCUT2D eigenvalue weighted by molar-refractivity contribution is -0.144. The lowest BCUT2D eigenvalue weighted by Crippen LogP contribution is -2.52. The van der Waals surface area contributed by atoms with E-state index in [1.165, 1.54) is 24.3 Å². The van der Waals surface area contributed by atoms with E-state index in [1.54, 1.807) is 23.1 Å². The summed E-state index contributed by atoms with van der Waals surface area (Å²) in [5, 5.41) is 0. The first kappa shape index (κ1) is 34.2. The van der Waals surface area contributed by atoms with E-state index in [9.17, 15) is 22.8 Å². The highest BCUT2D eigenvalue weighted by Crippen LogP contribution is 2.31. The van der Waals surface area contributed by atoms with Crippen LogP contribution in [-0.2, 0) is 41.7 Å². The molecule has 1 unspecified atom stereocenters. The molecule has 0 aliphatic carbocycles. The first-order valence-electron chi connectivity index (χ1n) is 16.3. The number of amides is 2. The van der Waals surface area contributed by atoms with Crippen LogP contribution in [0.25, 0.3) is 17.3 Å². The number of hydrogen-bond donors (Lipinski definition) is 0. The molecule has 0 radical (unpaired) electrons. The Morgan fingerprint density at radius 3 is 2.30 bits per heavy atom. The Morgan fingerprint density at radius 2 is 1.62 bits per heavy atom. The van der Waals surface area contributed by atoms with Gasteiger partial charge in [0.1, 0.15) is 11.8 Å². The van der Waals surface area contributed by atoms with Crippen LogP contribution in [0.15, 0.2) is 128 Å². The Balaban J connectivity index is 1.34. The predicted octanol–water partition coefficient (Wildman–Crippen LogP) is 8.01. The third-order valence-corrected chi connectivity index (χ3v) is 8.89. The van der Waals surface area contributed by atoms with Crippen LogP contribution in [0.1, 0.15) is 33.4 Å². The molecule has 0 saturated heterocycles. The van der Waals surface area contributed by atoms with Crippen LogP contribution >= 0.6 is 0 Å². The molecule has 6 nitrogen and oxygen atoms in total. The van der Waals surface area contributed by atoms with Crippen molar-refractivity contribution in [3.63, 3.8) is 0 Å². The van der Waals surface area contributed by atoms with E-state index in [4.69, 9.17) is 4.74 Å². The van der Waals surface area contributed by atoms with E-state index in [2.05, 4.69) is 4.98 Å². The van der Waals surface area contributed by atoms with Gasteiger partial charge in [-0.2, -0.15) is 13.2 Å². The number of nitrogens with zero attached hydrogens (tertiary/aromatic N) is 3. The third-order valence-electron chi connectivity index (χ3n) is 8.89. The Hall–Kier alpha value is -5.70. The number of halogens is 3. The van der Waals surface area contributed by atoms with E-state index in [1.807, 2.05) is 91.0 Å². The largest absolute Gasteiger partial charge is 0.496 e. The predicted molar refractivity (Wildman–Crippen MR) is 187 cm³/mol. The lowest BCUT2D eigenvalue weighted by Gasteiger charge is -2.37.